The standard InChI is InChI=1S/C18H15F2N3O3/c19-12-1-4-14(5-2-12)26-8-7-21-17(24)10-23-11-22-16-6-3-13(20)9-15(16)18(23)25/h1-6,9,11H,7-8,10H2,(H,21,24). The number of hydrogen-bond donors (Lipinski definition) is 1. The first kappa shape index (κ1) is 17.5. The van der Waals surface area contributed by atoms with Crippen molar-refractivity contribution < 1.29 is 18.3 Å². The number of fused-ring (bicyclic) bond motifs is 1. The minimum Gasteiger partial charge on any atom is -0.492 e. The molecule has 0 aliphatic rings. The van der Waals surface area contributed by atoms with Crippen LogP contribution in [0.1, 0.15) is 0 Å². The first-order chi connectivity index (χ1) is 12.5. The molecule has 0 unspecified atom stereocenters. The second kappa shape index (κ2) is 7.73. The first-order valence-electron chi connectivity index (χ1n) is 7.83. The summed E-state index contributed by atoms with van der Waals surface area (Å²) in [6.45, 7) is 0.156. The smallest absolute Gasteiger partial charge is 0.261 e. The molecule has 2 aromatic carbocycles. The topological polar surface area (TPSA) is 73.2 Å². The molecule has 0 aliphatic carbocycles. The summed E-state index contributed by atoms with van der Waals surface area (Å²) in [5.74, 6) is -0.832. The molecule has 8 heteroatoms. The van der Waals surface area contributed by atoms with Crippen LogP contribution < -0.4 is 15.6 Å². The number of nitrogens with one attached hydrogen (secondary N) is 1. The molecule has 6 nitrogen and oxygen atoms in total. The normalized spacial score (nSPS) is 10.7. The molecule has 1 amide bonds. The van der Waals surface area contributed by atoms with Crippen LogP contribution in [0.5, 0.6) is 5.75 Å². The van der Waals surface area contributed by atoms with Gasteiger partial charge in [0.1, 0.15) is 30.5 Å². The summed E-state index contributed by atoms with van der Waals surface area (Å²) in [6, 6.07) is 9.23. The van der Waals surface area contributed by atoms with Gasteiger partial charge in [-0.15, -0.1) is 0 Å². The number of rotatable bonds is 6. The average molecular weight is 359 g/mol. The third-order valence-corrected chi connectivity index (χ3v) is 3.61. The number of aromatic nitrogens is 2. The Morgan fingerprint density at radius 2 is 1.85 bits per heavy atom. The number of ether oxygens (including phenoxy) is 1. The predicted molar refractivity (Wildman–Crippen MR) is 90.9 cm³/mol. The zero-order chi connectivity index (χ0) is 18.5. The lowest BCUT2D eigenvalue weighted by molar-refractivity contribution is -0.121. The summed E-state index contributed by atoms with van der Waals surface area (Å²) < 4.78 is 32.5. The molecule has 3 aromatic rings. The Kier molecular flexibility index (Phi) is 5.21. The Morgan fingerprint density at radius 3 is 2.62 bits per heavy atom. The van der Waals surface area contributed by atoms with Crippen molar-refractivity contribution in [1.82, 2.24) is 14.9 Å². The summed E-state index contributed by atoms with van der Waals surface area (Å²) in [7, 11) is 0. The lowest BCUT2D eigenvalue weighted by Gasteiger charge is -2.09. The van der Waals surface area contributed by atoms with Crippen LogP contribution in [0.2, 0.25) is 0 Å². The highest BCUT2D eigenvalue weighted by Gasteiger charge is 2.09. The van der Waals surface area contributed by atoms with Crippen LogP contribution in [0.15, 0.2) is 53.6 Å². The van der Waals surface area contributed by atoms with Gasteiger partial charge in [-0.25, -0.2) is 13.8 Å². The van der Waals surface area contributed by atoms with Crippen molar-refractivity contribution in [3.05, 3.63) is 70.8 Å². The summed E-state index contributed by atoms with van der Waals surface area (Å²) in [5, 5.41) is 2.71. The lowest BCUT2D eigenvalue weighted by atomic mass is 10.2. The lowest BCUT2D eigenvalue weighted by Crippen LogP contribution is -2.34. The van der Waals surface area contributed by atoms with Crippen LogP contribution in [-0.2, 0) is 11.3 Å². The van der Waals surface area contributed by atoms with Crippen LogP contribution in [0.25, 0.3) is 10.9 Å². The average Bonchev–Trinajstić information content (AvgIpc) is 2.63. The van der Waals surface area contributed by atoms with Crippen LogP contribution >= 0.6 is 0 Å². The molecule has 1 N–H and O–H groups in total. The molecule has 0 saturated carbocycles. The predicted octanol–water partition coefficient (Wildman–Crippen LogP) is 1.87. The largest absolute Gasteiger partial charge is 0.492 e. The van der Waals surface area contributed by atoms with E-state index in [2.05, 4.69) is 10.3 Å². The van der Waals surface area contributed by atoms with E-state index >= 15 is 0 Å². The highest BCUT2D eigenvalue weighted by Crippen LogP contribution is 2.10. The van der Waals surface area contributed by atoms with Crippen molar-refractivity contribution in [2.24, 2.45) is 0 Å². The van der Waals surface area contributed by atoms with E-state index in [4.69, 9.17) is 4.74 Å². The molecule has 134 valence electrons. The molecular weight excluding hydrogens is 344 g/mol. The van der Waals surface area contributed by atoms with Crippen LogP contribution in [-0.4, -0.2) is 28.6 Å². The molecule has 3 rings (SSSR count). The quantitative estimate of drug-likeness (QED) is 0.682. The highest BCUT2D eigenvalue weighted by atomic mass is 19.1. The number of hydrogen-bond acceptors (Lipinski definition) is 4. The fourth-order valence-electron chi connectivity index (χ4n) is 2.34. The first-order valence-corrected chi connectivity index (χ1v) is 7.83. The third kappa shape index (κ3) is 4.21. The Morgan fingerprint density at radius 1 is 1.12 bits per heavy atom. The van der Waals surface area contributed by atoms with Gasteiger partial charge in [0.15, 0.2) is 0 Å². The molecule has 0 saturated heterocycles. The van der Waals surface area contributed by atoms with Gasteiger partial charge < -0.3 is 10.1 Å². The summed E-state index contributed by atoms with van der Waals surface area (Å²) in [6.07, 6.45) is 1.25. The zero-order valence-corrected chi connectivity index (χ0v) is 13.6. The molecule has 26 heavy (non-hydrogen) atoms. The fraction of sp³-hybridized carbons (Fsp3) is 0.167. The van der Waals surface area contributed by atoms with E-state index in [1.807, 2.05) is 0 Å². The van der Waals surface area contributed by atoms with Crippen molar-refractivity contribution in [2.45, 2.75) is 6.54 Å². The van der Waals surface area contributed by atoms with E-state index in [-0.39, 0.29) is 30.9 Å². The minimum atomic E-state index is -0.545. The van der Waals surface area contributed by atoms with Crippen molar-refractivity contribution in [3.63, 3.8) is 0 Å². The number of carbonyl (C=O) groups is 1. The maximum absolute atomic E-state index is 13.3. The van der Waals surface area contributed by atoms with Gasteiger partial charge in [0, 0.05) is 0 Å². The molecule has 1 heterocycles. The molecule has 0 aliphatic heterocycles. The van der Waals surface area contributed by atoms with Crippen molar-refractivity contribution >= 4 is 16.8 Å². The SMILES string of the molecule is O=C(Cn1cnc2ccc(F)cc2c1=O)NCCOc1ccc(F)cc1. The van der Waals surface area contributed by atoms with Crippen LogP contribution in [0.4, 0.5) is 8.78 Å². The molecule has 0 radical (unpaired) electrons. The van der Waals surface area contributed by atoms with Crippen molar-refractivity contribution in [2.75, 3.05) is 13.2 Å². The fourth-order valence-corrected chi connectivity index (χ4v) is 2.34. The Bertz CT molecular complexity index is 987. The Labute approximate surface area is 147 Å². The van der Waals surface area contributed by atoms with E-state index in [1.54, 1.807) is 0 Å². The van der Waals surface area contributed by atoms with Gasteiger partial charge in [-0.3, -0.25) is 14.2 Å². The molecule has 1 aromatic heterocycles. The minimum absolute atomic E-state index is 0.111. The number of amides is 1. The second-order valence-corrected chi connectivity index (χ2v) is 5.49. The molecule has 0 fully saturated rings. The van der Waals surface area contributed by atoms with Crippen LogP contribution in [0, 0.1) is 11.6 Å². The highest BCUT2D eigenvalue weighted by molar-refractivity contribution is 5.78. The van der Waals surface area contributed by atoms with Gasteiger partial charge in [-0.1, -0.05) is 0 Å². The van der Waals surface area contributed by atoms with E-state index in [9.17, 15) is 18.4 Å². The Hall–Kier alpha value is -3.29. The number of halogens is 2. The monoisotopic (exact) mass is 359 g/mol. The second-order valence-electron chi connectivity index (χ2n) is 5.49. The van der Waals surface area contributed by atoms with Gasteiger partial charge in [-0.2, -0.15) is 0 Å². The van der Waals surface area contributed by atoms with Crippen LogP contribution in [0.3, 0.4) is 0 Å². The maximum atomic E-state index is 13.3. The van der Waals surface area contributed by atoms with E-state index in [0.29, 0.717) is 11.3 Å². The molecule has 0 spiro atoms. The number of nitrogens with zero attached hydrogens (tertiary/aromatic N) is 2. The summed E-state index contributed by atoms with van der Waals surface area (Å²) in [4.78, 5) is 28.3. The molecule has 0 bridgehead atoms. The zero-order valence-electron chi connectivity index (χ0n) is 13.6. The van der Waals surface area contributed by atoms with Crippen molar-refractivity contribution in [3.8, 4) is 5.75 Å². The van der Waals surface area contributed by atoms with Gasteiger partial charge in [-0.05, 0) is 42.5 Å². The molecule has 0 atom stereocenters. The summed E-state index contributed by atoms with van der Waals surface area (Å²) in [5.41, 5.74) is -0.132. The molecular formula is C18H15F2N3O3. The number of benzene rings is 2. The third-order valence-electron chi connectivity index (χ3n) is 3.61. The number of carbonyl (C=O) groups excluding carboxylic acids is 1. The van der Waals surface area contributed by atoms with Gasteiger partial charge in [0.25, 0.3) is 5.56 Å². The summed E-state index contributed by atoms with van der Waals surface area (Å²) >= 11 is 0. The van der Waals surface area contributed by atoms with E-state index in [0.717, 1.165) is 10.6 Å². The van der Waals surface area contributed by atoms with Gasteiger partial charge in [0.2, 0.25) is 5.91 Å². The maximum Gasteiger partial charge on any atom is 0.261 e. The Balaban J connectivity index is 1.55. The van der Waals surface area contributed by atoms with E-state index < -0.39 is 17.3 Å². The van der Waals surface area contributed by atoms with Gasteiger partial charge in [0.05, 0.1) is 23.8 Å². The van der Waals surface area contributed by atoms with E-state index in [1.165, 1.54) is 42.7 Å². The van der Waals surface area contributed by atoms with Gasteiger partial charge >= 0.3 is 0 Å². The van der Waals surface area contributed by atoms with Crippen molar-refractivity contribution in [1.29, 1.82) is 0 Å².